The second-order valence-corrected chi connectivity index (χ2v) is 8.80. The zero-order valence-corrected chi connectivity index (χ0v) is 17.6. The number of amides is 1. The van der Waals surface area contributed by atoms with Gasteiger partial charge in [0.1, 0.15) is 11.4 Å². The summed E-state index contributed by atoms with van der Waals surface area (Å²) in [5.74, 6) is -1.29. The first kappa shape index (κ1) is 22.4. The average Bonchev–Trinajstić information content (AvgIpc) is 2.56. The standard InChI is InChI=1S/C20H26ClFN2O4/c1-18(2,3)28-17(25)24-20(11-26-19(4,5)27-12-20)8-7-13-9-14(21)16(23-6)10-15(13)22/h9-10H,7-8,11-12H2,1-5H3,(H,24,25). The van der Waals surface area contributed by atoms with Crippen LogP contribution in [-0.4, -0.2) is 36.2 Å². The fourth-order valence-corrected chi connectivity index (χ4v) is 2.96. The molecule has 1 aliphatic heterocycles. The number of aryl methyl sites for hydroxylation is 1. The maximum absolute atomic E-state index is 14.3. The molecule has 2 rings (SSSR count). The van der Waals surface area contributed by atoms with E-state index in [1.807, 2.05) is 0 Å². The summed E-state index contributed by atoms with van der Waals surface area (Å²) in [4.78, 5) is 15.5. The molecule has 0 atom stereocenters. The number of benzene rings is 1. The molecule has 1 fully saturated rings. The lowest BCUT2D eigenvalue weighted by atomic mass is 9.91. The van der Waals surface area contributed by atoms with Gasteiger partial charge in [0.15, 0.2) is 5.79 Å². The van der Waals surface area contributed by atoms with E-state index in [1.54, 1.807) is 34.6 Å². The summed E-state index contributed by atoms with van der Waals surface area (Å²) in [6.07, 6.45) is 0.0148. The van der Waals surface area contributed by atoms with Gasteiger partial charge < -0.3 is 19.5 Å². The third kappa shape index (κ3) is 6.06. The van der Waals surface area contributed by atoms with Crippen molar-refractivity contribution in [2.45, 2.75) is 64.4 Å². The maximum atomic E-state index is 14.3. The Morgan fingerprint density at radius 3 is 2.50 bits per heavy atom. The lowest BCUT2D eigenvalue weighted by Gasteiger charge is -2.44. The van der Waals surface area contributed by atoms with Crippen molar-refractivity contribution >= 4 is 23.4 Å². The molecule has 1 aliphatic rings. The van der Waals surface area contributed by atoms with Gasteiger partial charge in [-0.1, -0.05) is 11.6 Å². The first-order valence-electron chi connectivity index (χ1n) is 8.99. The summed E-state index contributed by atoms with van der Waals surface area (Å²) in [6, 6.07) is 2.57. The number of nitrogens with one attached hydrogen (secondary N) is 1. The van der Waals surface area contributed by atoms with Crippen LogP contribution in [-0.2, 0) is 20.6 Å². The number of hydrogen-bond donors (Lipinski definition) is 1. The van der Waals surface area contributed by atoms with Crippen LogP contribution >= 0.6 is 11.6 Å². The van der Waals surface area contributed by atoms with E-state index in [0.29, 0.717) is 12.0 Å². The fourth-order valence-electron chi connectivity index (χ4n) is 2.74. The molecule has 0 radical (unpaired) electrons. The third-order valence-corrected chi connectivity index (χ3v) is 4.57. The van der Waals surface area contributed by atoms with E-state index in [9.17, 15) is 9.18 Å². The Bertz CT molecular complexity index is 774. The lowest BCUT2D eigenvalue weighted by molar-refractivity contribution is -0.271. The molecule has 28 heavy (non-hydrogen) atoms. The maximum Gasteiger partial charge on any atom is 0.408 e. The number of alkyl carbamates (subject to hydrolysis) is 1. The van der Waals surface area contributed by atoms with Crippen LogP contribution in [0.25, 0.3) is 4.85 Å². The van der Waals surface area contributed by atoms with Gasteiger partial charge >= 0.3 is 6.09 Å². The molecule has 1 amide bonds. The largest absolute Gasteiger partial charge is 0.444 e. The van der Waals surface area contributed by atoms with Crippen molar-refractivity contribution in [1.82, 2.24) is 5.32 Å². The number of rotatable bonds is 4. The minimum absolute atomic E-state index is 0.0654. The highest BCUT2D eigenvalue weighted by Gasteiger charge is 2.42. The zero-order valence-electron chi connectivity index (χ0n) is 16.8. The minimum atomic E-state index is -0.880. The molecule has 1 saturated heterocycles. The smallest absolute Gasteiger partial charge is 0.408 e. The van der Waals surface area contributed by atoms with Crippen LogP contribution in [0.2, 0.25) is 5.02 Å². The molecule has 0 saturated carbocycles. The monoisotopic (exact) mass is 412 g/mol. The van der Waals surface area contributed by atoms with Gasteiger partial charge in [0.2, 0.25) is 5.69 Å². The van der Waals surface area contributed by atoms with E-state index in [2.05, 4.69) is 10.2 Å². The first-order valence-corrected chi connectivity index (χ1v) is 9.37. The van der Waals surface area contributed by atoms with Crippen LogP contribution in [0.5, 0.6) is 0 Å². The molecule has 1 N–H and O–H groups in total. The predicted octanol–water partition coefficient (Wildman–Crippen LogP) is 5.01. The molecule has 0 bridgehead atoms. The third-order valence-electron chi connectivity index (χ3n) is 4.27. The number of ether oxygens (including phenoxy) is 3. The molecule has 6 nitrogen and oxygen atoms in total. The van der Waals surface area contributed by atoms with Crippen molar-refractivity contribution < 1.29 is 23.4 Å². The number of carbonyl (C=O) groups excluding carboxylic acids is 1. The topological polar surface area (TPSA) is 61.2 Å². The Kier molecular flexibility index (Phi) is 6.59. The number of carbonyl (C=O) groups is 1. The van der Waals surface area contributed by atoms with Gasteiger partial charge in [-0.2, -0.15) is 0 Å². The molecule has 1 aromatic carbocycles. The van der Waals surface area contributed by atoms with E-state index in [-0.39, 0.29) is 30.3 Å². The highest BCUT2D eigenvalue weighted by Crippen LogP contribution is 2.31. The van der Waals surface area contributed by atoms with Crippen LogP contribution in [0, 0.1) is 12.4 Å². The SMILES string of the molecule is [C-]#[N+]c1cc(F)c(CCC2(NC(=O)OC(C)(C)C)COC(C)(C)OC2)cc1Cl. The van der Waals surface area contributed by atoms with Crippen molar-refractivity contribution in [1.29, 1.82) is 0 Å². The van der Waals surface area contributed by atoms with Gasteiger partial charge in [-0.05, 0) is 65.2 Å². The van der Waals surface area contributed by atoms with Gasteiger partial charge in [-0.15, -0.1) is 0 Å². The van der Waals surface area contributed by atoms with E-state index in [4.69, 9.17) is 32.4 Å². The van der Waals surface area contributed by atoms with Crippen molar-refractivity contribution in [3.05, 3.63) is 40.0 Å². The molecule has 1 aromatic rings. The summed E-state index contributed by atoms with van der Waals surface area (Å²) in [5.41, 5.74) is -1.12. The van der Waals surface area contributed by atoms with Crippen molar-refractivity contribution in [3.63, 3.8) is 0 Å². The summed E-state index contributed by atoms with van der Waals surface area (Å²) in [6.45, 7) is 16.3. The van der Waals surface area contributed by atoms with Gasteiger partial charge in [0.05, 0.1) is 25.3 Å². The van der Waals surface area contributed by atoms with Crippen LogP contribution in [0.4, 0.5) is 14.9 Å². The first-order chi connectivity index (χ1) is 12.8. The van der Waals surface area contributed by atoms with Crippen LogP contribution in [0.1, 0.15) is 46.6 Å². The number of halogens is 2. The van der Waals surface area contributed by atoms with Gasteiger partial charge in [0, 0.05) is 5.02 Å². The number of hydrogen-bond acceptors (Lipinski definition) is 4. The normalized spacial score (nSPS) is 18.2. The second-order valence-electron chi connectivity index (χ2n) is 8.39. The van der Waals surface area contributed by atoms with Crippen LogP contribution in [0.15, 0.2) is 12.1 Å². The number of nitrogens with zero attached hydrogens (tertiary/aromatic N) is 1. The Labute approximate surface area is 170 Å². The van der Waals surface area contributed by atoms with Crippen LogP contribution in [0.3, 0.4) is 0 Å². The Balaban J connectivity index is 2.18. The Morgan fingerprint density at radius 1 is 1.36 bits per heavy atom. The van der Waals surface area contributed by atoms with E-state index >= 15 is 0 Å². The molecule has 1 heterocycles. The zero-order chi connectivity index (χ0) is 21.2. The molecule has 0 spiro atoms. The highest BCUT2D eigenvalue weighted by atomic mass is 35.5. The molecule has 0 aliphatic carbocycles. The quantitative estimate of drug-likeness (QED) is 0.706. The lowest BCUT2D eigenvalue weighted by Crippen LogP contribution is -2.61. The summed E-state index contributed by atoms with van der Waals surface area (Å²) >= 11 is 6.03. The molecule has 0 unspecified atom stereocenters. The molecular formula is C20H26ClFN2O4. The highest BCUT2D eigenvalue weighted by molar-refractivity contribution is 6.33. The Morgan fingerprint density at radius 2 is 1.96 bits per heavy atom. The van der Waals surface area contributed by atoms with Gasteiger partial charge in [-0.25, -0.2) is 14.0 Å². The molecular weight excluding hydrogens is 387 g/mol. The second kappa shape index (κ2) is 8.24. The van der Waals surface area contributed by atoms with Gasteiger partial charge in [0.25, 0.3) is 0 Å². The molecule has 154 valence electrons. The molecule has 0 aromatic heterocycles. The van der Waals surface area contributed by atoms with Crippen molar-refractivity contribution in [2.24, 2.45) is 0 Å². The van der Waals surface area contributed by atoms with Crippen molar-refractivity contribution in [2.75, 3.05) is 13.2 Å². The summed E-state index contributed by atoms with van der Waals surface area (Å²) in [7, 11) is 0. The van der Waals surface area contributed by atoms with E-state index in [0.717, 1.165) is 6.07 Å². The van der Waals surface area contributed by atoms with E-state index in [1.165, 1.54) is 6.07 Å². The molecule has 8 heteroatoms. The van der Waals surface area contributed by atoms with Crippen LogP contribution < -0.4 is 5.32 Å². The summed E-state index contributed by atoms with van der Waals surface area (Å²) in [5, 5.41) is 3.03. The Hall–Kier alpha value is -1.88. The average molecular weight is 413 g/mol. The van der Waals surface area contributed by atoms with Crippen molar-refractivity contribution in [3.8, 4) is 0 Å². The van der Waals surface area contributed by atoms with E-state index < -0.39 is 28.8 Å². The van der Waals surface area contributed by atoms with Gasteiger partial charge in [-0.3, -0.25) is 0 Å². The predicted molar refractivity (Wildman–Crippen MR) is 104 cm³/mol. The fraction of sp³-hybridized carbons (Fsp3) is 0.600. The summed E-state index contributed by atoms with van der Waals surface area (Å²) < 4.78 is 31.2. The minimum Gasteiger partial charge on any atom is -0.444 e.